The topological polar surface area (TPSA) is 75.6 Å². The fourth-order valence-electron chi connectivity index (χ4n) is 3.20. The van der Waals surface area contributed by atoms with E-state index in [1.807, 2.05) is 55.2 Å². The van der Waals surface area contributed by atoms with E-state index in [1.54, 1.807) is 0 Å². The first-order valence-corrected chi connectivity index (χ1v) is 7.57. The molecule has 4 rings (SSSR count). The van der Waals surface area contributed by atoms with E-state index in [-0.39, 0.29) is 11.8 Å². The molecule has 1 aliphatic heterocycles. The summed E-state index contributed by atoms with van der Waals surface area (Å²) in [5, 5.41) is 14.6. The zero-order valence-corrected chi connectivity index (χ0v) is 13.0. The minimum absolute atomic E-state index is 0.0168. The van der Waals surface area contributed by atoms with Crippen molar-refractivity contribution in [2.75, 3.05) is 5.32 Å². The molecule has 3 heterocycles. The average Bonchev–Trinajstić information content (AvgIpc) is 3.12. The van der Waals surface area contributed by atoms with Crippen LogP contribution in [0.4, 0.5) is 5.82 Å². The quantitative estimate of drug-likeness (QED) is 0.764. The number of nitrogens with one attached hydrogen (secondary N) is 2. The monoisotopic (exact) mass is 307 g/mol. The standard InChI is InChI=1S/C17H17N5O/c1-10-13(9-18-22(10)2)12-8-14(23)19-17-15(12)16(20-21-17)11-6-4-3-5-7-11/h3-7,9,12H,8H2,1-2H3,(H2,19,20,21,23). The molecule has 2 aromatic heterocycles. The molecule has 0 aliphatic carbocycles. The largest absolute Gasteiger partial charge is 0.309 e. The van der Waals surface area contributed by atoms with E-state index in [4.69, 9.17) is 0 Å². The van der Waals surface area contributed by atoms with Gasteiger partial charge in [-0.2, -0.15) is 10.2 Å². The highest BCUT2D eigenvalue weighted by Gasteiger charge is 2.33. The summed E-state index contributed by atoms with van der Waals surface area (Å²) in [4.78, 5) is 12.1. The minimum Gasteiger partial charge on any atom is -0.309 e. The number of hydrogen-bond donors (Lipinski definition) is 2. The van der Waals surface area contributed by atoms with Crippen molar-refractivity contribution in [2.24, 2.45) is 7.05 Å². The van der Waals surface area contributed by atoms with Crippen molar-refractivity contribution in [1.29, 1.82) is 0 Å². The lowest BCUT2D eigenvalue weighted by Crippen LogP contribution is -2.23. The van der Waals surface area contributed by atoms with Crippen LogP contribution in [0.5, 0.6) is 0 Å². The lowest BCUT2D eigenvalue weighted by Gasteiger charge is -2.23. The minimum atomic E-state index is -0.0404. The Morgan fingerprint density at radius 1 is 1.26 bits per heavy atom. The number of amides is 1. The number of hydrogen-bond acceptors (Lipinski definition) is 3. The maximum Gasteiger partial charge on any atom is 0.226 e. The summed E-state index contributed by atoms with van der Waals surface area (Å²) in [5.41, 5.74) is 5.18. The molecule has 0 fully saturated rings. The summed E-state index contributed by atoms with van der Waals surface area (Å²) in [6, 6.07) is 10.0. The molecule has 1 amide bonds. The van der Waals surface area contributed by atoms with Gasteiger partial charge in [0.15, 0.2) is 5.82 Å². The second-order valence-electron chi connectivity index (χ2n) is 5.84. The SMILES string of the molecule is Cc1c(C2CC(=O)Nc3n[nH]c(-c4ccccc4)c32)cnn1C. The van der Waals surface area contributed by atoms with Crippen molar-refractivity contribution in [1.82, 2.24) is 20.0 Å². The number of H-pyrrole nitrogens is 1. The van der Waals surface area contributed by atoms with Gasteiger partial charge >= 0.3 is 0 Å². The normalized spacial score (nSPS) is 17.0. The van der Waals surface area contributed by atoms with Crippen molar-refractivity contribution in [2.45, 2.75) is 19.3 Å². The Bertz CT molecular complexity index is 878. The lowest BCUT2D eigenvalue weighted by atomic mass is 9.84. The highest BCUT2D eigenvalue weighted by Crippen LogP contribution is 2.42. The third-order valence-corrected chi connectivity index (χ3v) is 4.51. The maximum atomic E-state index is 12.1. The second-order valence-corrected chi connectivity index (χ2v) is 5.84. The van der Waals surface area contributed by atoms with Gasteiger partial charge in [0.1, 0.15) is 0 Å². The van der Waals surface area contributed by atoms with E-state index < -0.39 is 0 Å². The van der Waals surface area contributed by atoms with Crippen LogP contribution >= 0.6 is 0 Å². The zero-order chi connectivity index (χ0) is 16.0. The van der Waals surface area contributed by atoms with Crippen molar-refractivity contribution in [3.05, 3.63) is 53.3 Å². The lowest BCUT2D eigenvalue weighted by molar-refractivity contribution is -0.116. The first-order chi connectivity index (χ1) is 11.1. The first-order valence-electron chi connectivity index (χ1n) is 7.57. The first kappa shape index (κ1) is 13.8. The number of nitrogens with zero attached hydrogens (tertiary/aromatic N) is 3. The molecule has 1 aliphatic rings. The molecule has 1 unspecified atom stereocenters. The van der Waals surface area contributed by atoms with Gasteiger partial charge in [0.05, 0.1) is 11.9 Å². The van der Waals surface area contributed by atoms with E-state index >= 15 is 0 Å². The van der Waals surface area contributed by atoms with Crippen LogP contribution in [-0.4, -0.2) is 25.9 Å². The number of carbonyl (C=O) groups excluding carboxylic acids is 1. The summed E-state index contributed by atoms with van der Waals surface area (Å²) < 4.78 is 1.84. The number of benzene rings is 1. The molecular weight excluding hydrogens is 290 g/mol. The van der Waals surface area contributed by atoms with Gasteiger partial charge in [0, 0.05) is 36.2 Å². The number of rotatable bonds is 2. The van der Waals surface area contributed by atoms with Crippen LogP contribution in [0.1, 0.15) is 29.2 Å². The predicted octanol–water partition coefficient (Wildman–Crippen LogP) is 2.59. The summed E-state index contributed by atoms with van der Waals surface area (Å²) in [7, 11) is 1.91. The Balaban J connectivity index is 1.90. The Morgan fingerprint density at radius 3 is 2.74 bits per heavy atom. The fourth-order valence-corrected chi connectivity index (χ4v) is 3.20. The van der Waals surface area contributed by atoms with Gasteiger partial charge in [0.2, 0.25) is 5.91 Å². The zero-order valence-electron chi connectivity index (χ0n) is 13.0. The van der Waals surface area contributed by atoms with E-state index in [0.717, 1.165) is 28.1 Å². The number of aromatic amines is 1. The molecule has 6 heteroatoms. The molecular formula is C17H17N5O. The Hall–Kier alpha value is -2.89. The van der Waals surface area contributed by atoms with Crippen LogP contribution in [0.25, 0.3) is 11.3 Å². The third kappa shape index (κ3) is 2.14. The van der Waals surface area contributed by atoms with Gasteiger partial charge in [0.25, 0.3) is 0 Å². The van der Waals surface area contributed by atoms with E-state index in [0.29, 0.717) is 12.2 Å². The van der Waals surface area contributed by atoms with Gasteiger partial charge < -0.3 is 5.32 Å². The number of aryl methyl sites for hydroxylation is 1. The number of fused-ring (bicyclic) bond motifs is 1. The molecule has 0 radical (unpaired) electrons. The van der Waals surface area contributed by atoms with Crippen molar-refractivity contribution >= 4 is 11.7 Å². The van der Waals surface area contributed by atoms with E-state index in [1.165, 1.54) is 0 Å². The summed E-state index contributed by atoms with van der Waals surface area (Å²) in [5.74, 6) is 0.562. The second kappa shape index (κ2) is 5.08. The molecule has 2 N–H and O–H groups in total. The number of anilines is 1. The number of carbonyl (C=O) groups is 1. The molecule has 3 aromatic rings. The Kier molecular flexibility index (Phi) is 3.04. The van der Waals surface area contributed by atoms with Crippen LogP contribution in [0, 0.1) is 6.92 Å². The van der Waals surface area contributed by atoms with Crippen LogP contribution < -0.4 is 5.32 Å². The van der Waals surface area contributed by atoms with Gasteiger partial charge in [-0.3, -0.25) is 14.6 Å². The molecule has 0 spiro atoms. The molecule has 0 bridgehead atoms. The van der Waals surface area contributed by atoms with Crippen LogP contribution in [0.2, 0.25) is 0 Å². The predicted molar refractivity (Wildman–Crippen MR) is 87.1 cm³/mol. The molecule has 0 saturated heterocycles. The molecule has 1 atom stereocenters. The fraction of sp³-hybridized carbons (Fsp3) is 0.235. The van der Waals surface area contributed by atoms with Gasteiger partial charge in [-0.25, -0.2) is 0 Å². The van der Waals surface area contributed by atoms with Crippen molar-refractivity contribution in [3.63, 3.8) is 0 Å². The third-order valence-electron chi connectivity index (χ3n) is 4.51. The van der Waals surface area contributed by atoms with E-state index in [2.05, 4.69) is 20.6 Å². The van der Waals surface area contributed by atoms with Crippen LogP contribution in [-0.2, 0) is 11.8 Å². The summed E-state index contributed by atoms with van der Waals surface area (Å²) >= 11 is 0. The molecule has 23 heavy (non-hydrogen) atoms. The van der Waals surface area contributed by atoms with Gasteiger partial charge in [-0.1, -0.05) is 30.3 Å². The van der Waals surface area contributed by atoms with Crippen LogP contribution in [0.3, 0.4) is 0 Å². The molecule has 116 valence electrons. The average molecular weight is 307 g/mol. The van der Waals surface area contributed by atoms with E-state index in [9.17, 15) is 4.79 Å². The summed E-state index contributed by atoms with van der Waals surface area (Å²) in [6.07, 6.45) is 2.25. The molecule has 0 saturated carbocycles. The van der Waals surface area contributed by atoms with Crippen molar-refractivity contribution in [3.8, 4) is 11.3 Å². The molecule has 1 aromatic carbocycles. The highest BCUT2D eigenvalue weighted by molar-refractivity contribution is 5.96. The van der Waals surface area contributed by atoms with Gasteiger partial charge in [-0.05, 0) is 12.5 Å². The Labute approximate surface area is 133 Å². The molecule has 6 nitrogen and oxygen atoms in total. The summed E-state index contributed by atoms with van der Waals surface area (Å²) in [6.45, 7) is 2.02. The van der Waals surface area contributed by atoms with Crippen LogP contribution in [0.15, 0.2) is 36.5 Å². The number of aromatic nitrogens is 4. The maximum absolute atomic E-state index is 12.1. The smallest absolute Gasteiger partial charge is 0.226 e. The highest BCUT2D eigenvalue weighted by atomic mass is 16.1. The van der Waals surface area contributed by atoms with Gasteiger partial charge in [-0.15, -0.1) is 0 Å². The Morgan fingerprint density at radius 2 is 2.04 bits per heavy atom. The van der Waals surface area contributed by atoms with Crippen molar-refractivity contribution < 1.29 is 4.79 Å².